The number of nitriles is 1. The minimum atomic E-state index is 0.473. The van der Waals surface area contributed by atoms with Gasteiger partial charge in [-0.3, -0.25) is 0 Å². The summed E-state index contributed by atoms with van der Waals surface area (Å²) >= 11 is 6.04. The Bertz CT molecular complexity index is 652. The Morgan fingerprint density at radius 2 is 1.90 bits per heavy atom. The number of hydrogen-bond donors (Lipinski definition) is 1. The molecule has 0 saturated heterocycles. The normalized spacial score (nSPS) is 20.4. The van der Waals surface area contributed by atoms with Gasteiger partial charge in [0, 0.05) is 16.8 Å². The number of halogens is 1. The van der Waals surface area contributed by atoms with Gasteiger partial charge in [-0.2, -0.15) is 5.26 Å². The molecule has 0 aromatic heterocycles. The van der Waals surface area contributed by atoms with E-state index in [0.717, 1.165) is 29.1 Å². The van der Waals surface area contributed by atoms with E-state index >= 15 is 0 Å². The predicted octanol–water partition coefficient (Wildman–Crippen LogP) is 4.76. The first kappa shape index (κ1) is 14.0. The standard InChI is InChI=1S/C18H17ClN2/c19-16-3-1-2-14(10-16)15-11-18(12-15)21-17-6-4-13(5-7-17)8-9-20/h1-7,10,15,18,21H,8,11-12H2. The zero-order valence-electron chi connectivity index (χ0n) is 11.7. The third kappa shape index (κ3) is 3.37. The highest BCUT2D eigenvalue weighted by atomic mass is 35.5. The zero-order chi connectivity index (χ0) is 14.7. The third-order valence-electron chi connectivity index (χ3n) is 4.07. The maximum atomic E-state index is 8.66. The smallest absolute Gasteiger partial charge is 0.0669 e. The summed E-state index contributed by atoms with van der Waals surface area (Å²) in [5.74, 6) is 0.610. The van der Waals surface area contributed by atoms with E-state index in [1.54, 1.807) is 0 Å². The molecule has 0 radical (unpaired) electrons. The molecule has 2 aromatic carbocycles. The van der Waals surface area contributed by atoms with E-state index in [4.69, 9.17) is 16.9 Å². The Morgan fingerprint density at radius 1 is 1.14 bits per heavy atom. The van der Waals surface area contributed by atoms with E-state index in [1.807, 2.05) is 24.3 Å². The summed E-state index contributed by atoms with van der Waals surface area (Å²) in [6, 6.07) is 19.0. The Hall–Kier alpha value is -1.98. The van der Waals surface area contributed by atoms with E-state index in [0.29, 0.717) is 18.4 Å². The van der Waals surface area contributed by atoms with Crippen molar-refractivity contribution in [3.63, 3.8) is 0 Å². The molecule has 2 aromatic rings. The highest BCUT2D eigenvalue weighted by Gasteiger charge is 2.30. The quantitative estimate of drug-likeness (QED) is 0.882. The van der Waals surface area contributed by atoms with Crippen molar-refractivity contribution >= 4 is 17.3 Å². The lowest BCUT2D eigenvalue weighted by Gasteiger charge is -2.37. The number of anilines is 1. The zero-order valence-corrected chi connectivity index (χ0v) is 12.5. The van der Waals surface area contributed by atoms with Crippen LogP contribution in [0.1, 0.15) is 29.9 Å². The van der Waals surface area contributed by atoms with Crippen LogP contribution in [0.25, 0.3) is 0 Å². The highest BCUT2D eigenvalue weighted by Crippen LogP contribution is 2.39. The van der Waals surface area contributed by atoms with E-state index in [1.165, 1.54) is 5.56 Å². The van der Waals surface area contributed by atoms with Crippen LogP contribution in [-0.2, 0) is 6.42 Å². The number of nitrogens with zero attached hydrogens (tertiary/aromatic N) is 1. The van der Waals surface area contributed by atoms with Gasteiger partial charge in [0.15, 0.2) is 0 Å². The molecule has 3 heteroatoms. The number of nitrogens with one attached hydrogen (secondary N) is 1. The second-order valence-corrected chi connectivity index (χ2v) is 6.03. The summed E-state index contributed by atoms with van der Waals surface area (Å²) in [5.41, 5.74) is 3.53. The summed E-state index contributed by atoms with van der Waals surface area (Å²) < 4.78 is 0. The first-order chi connectivity index (χ1) is 10.2. The van der Waals surface area contributed by atoms with Crippen molar-refractivity contribution in [2.45, 2.75) is 31.2 Å². The van der Waals surface area contributed by atoms with Crippen LogP contribution in [0.4, 0.5) is 5.69 Å². The van der Waals surface area contributed by atoms with E-state index < -0.39 is 0 Å². The third-order valence-corrected chi connectivity index (χ3v) is 4.30. The lowest BCUT2D eigenvalue weighted by molar-refractivity contribution is 0.374. The molecule has 2 nitrogen and oxygen atoms in total. The Morgan fingerprint density at radius 3 is 2.57 bits per heavy atom. The summed E-state index contributed by atoms with van der Waals surface area (Å²) in [6.45, 7) is 0. The molecule has 1 aliphatic rings. The van der Waals surface area contributed by atoms with Gasteiger partial charge in [-0.1, -0.05) is 35.9 Å². The van der Waals surface area contributed by atoms with Crippen molar-refractivity contribution in [2.24, 2.45) is 0 Å². The second-order valence-electron chi connectivity index (χ2n) is 5.60. The van der Waals surface area contributed by atoms with Crippen molar-refractivity contribution in [3.8, 4) is 6.07 Å². The van der Waals surface area contributed by atoms with E-state index in [9.17, 15) is 0 Å². The molecule has 0 heterocycles. The Labute approximate surface area is 130 Å². The lowest BCUT2D eigenvalue weighted by atomic mass is 9.76. The largest absolute Gasteiger partial charge is 0.382 e. The van der Waals surface area contributed by atoms with Gasteiger partial charge in [0.1, 0.15) is 0 Å². The monoisotopic (exact) mass is 296 g/mol. The van der Waals surface area contributed by atoms with Crippen molar-refractivity contribution in [1.29, 1.82) is 5.26 Å². The predicted molar refractivity (Wildman–Crippen MR) is 86.6 cm³/mol. The molecule has 0 amide bonds. The SMILES string of the molecule is N#CCc1ccc(NC2CC(c3cccc(Cl)c3)C2)cc1. The number of benzene rings is 2. The molecule has 1 fully saturated rings. The molecular formula is C18H17ClN2. The maximum Gasteiger partial charge on any atom is 0.0669 e. The summed E-state index contributed by atoms with van der Waals surface area (Å²) in [5, 5.41) is 13.0. The summed E-state index contributed by atoms with van der Waals surface area (Å²) in [7, 11) is 0. The molecule has 0 atom stereocenters. The van der Waals surface area contributed by atoms with Crippen molar-refractivity contribution in [1.82, 2.24) is 0 Å². The van der Waals surface area contributed by atoms with Gasteiger partial charge in [-0.15, -0.1) is 0 Å². The van der Waals surface area contributed by atoms with Crippen LogP contribution in [-0.4, -0.2) is 6.04 Å². The minimum absolute atomic E-state index is 0.473. The van der Waals surface area contributed by atoms with Crippen LogP contribution in [0.5, 0.6) is 0 Å². The number of rotatable bonds is 4. The van der Waals surface area contributed by atoms with Gasteiger partial charge >= 0.3 is 0 Å². The average molecular weight is 297 g/mol. The second kappa shape index (κ2) is 6.20. The van der Waals surface area contributed by atoms with Crippen LogP contribution < -0.4 is 5.32 Å². The fourth-order valence-corrected chi connectivity index (χ4v) is 3.01. The van der Waals surface area contributed by atoms with Gasteiger partial charge in [0.25, 0.3) is 0 Å². The topological polar surface area (TPSA) is 35.8 Å². The fraction of sp³-hybridized carbons (Fsp3) is 0.278. The van der Waals surface area contributed by atoms with Crippen molar-refractivity contribution < 1.29 is 0 Å². The first-order valence-corrected chi connectivity index (χ1v) is 7.60. The van der Waals surface area contributed by atoms with Crippen molar-refractivity contribution in [3.05, 3.63) is 64.7 Å². The molecule has 1 N–H and O–H groups in total. The molecule has 1 saturated carbocycles. The number of hydrogen-bond acceptors (Lipinski definition) is 2. The molecule has 0 spiro atoms. The maximum absolute atomic E-state index is 8.66. The van der Waals surface area contributed by atoms with Crippen LogP contribution in [0.15, 0.2) is 48.5 Å². The minimum Gasteiger partial charge on any atom is -0.382 e. The van der Waals surface area contributed by atoms with Gasteiger partial charge in [0.05, 0.1) is 12.5 Å². The van der Waals surface area contributed by atoms with E-state index in [-0.39, 0.29) is 0 Å². The van der Waals surface area contributed by atoms with Gasteiger partial charge in [0.2, 0.25) is 0 Å². The molecule has 0 aliphatic heterocycles. The van der Waals surface area contributed by atoms with Crippen LogP contribution in [0, 0.1) is 11.3 Å². The average Bonchev–Trinajstić information content (AvgIpc) is 2.44. The molecule has 0 unspecified atom stereocenters. The van der Waals surface area contributed by atoms with Gasteiger partial charge < -0.3 is 5.32 Å². The van der Waals surface area contributed by atoms with Crippen LogP contribution >= 0.6 is 11.6 Å². The Balaban J connectivity index is 1.54. The van der Waals surface area contributed by atoms with Crippen molar-refractivity contribution in [2.75, 3.05) is 5.32 Å². The molecule has 1 aliphatic carbocycles. The van der Waals surface area contributed by atoms with Crippen LogP contribution in [0.2, 0.25) is 5.02 Å². The molecule has 106 valence electrons. The van der Waals surface area contributed by atoms with Crippen LogP contribution in [0.3, 0.4) is 0 Å². The van der Waals surface area contributed by atoms with Gasteiger partial charge in [-0.05, 0) is 54.2 Å². The molecular weight excluding hydrogens is 280 g/mol. The highest BCUT2D eigenvalue weighted by molar-refractivity contribution is 6.30. The molecule has 21 heavy (non-hydrogen) atoms. The van der Waals surface area contributed by atoms with E-state index in [2.05, 4.69) is 35.7 Å². The summed E-state index contributed by atoms with van der Waals surface area (Å²) in [4.78, 5) is 0. The first-order valence-electron chi connectivity index (χ1n) is 7.22. The summed E-state index contributed by atoms with van der Waals surface area (Å²) in [6.07, 6.45) is 2.75. The van der Waals surface area contributed by atoms with Gasteiger partial charge in [-0.25, -0.2) is 0 Å². The molecule has 0 bridgehead atoms. The fourth-order valence-electron chi connectivity index (χ4n) is 2.81. The molecule has 3 rings (SSSR count). The lowest BCUT2D eigenvalue weighted by Crippen LogP contribution is -2.33. The Kier molecular flexibility index (Phi) is 4.13.